The van der Waals surface area contributed by atoms with E-state index in [0.717, 1.165) is 12.8 Å². The summed E-state index contributed by atoms with van der Waals surface area (Å²) < 4.78 is 5.64. The maximum Gasteiger partial charge on any atom is 0.308 e. The number of rotatable bonds is 8. The molecular formula is C19H25NO4. The number of allylic oxidation sites excluding steroid dienone is 1. The van der Waals surface area contributed by atoms with Gasteiger partial charge in [-0.25, -0.2) is 0 Å². The van der Waals surface area contributed by atoms with Crippen LogP contribution in [0.15, 0.2) is 35.9 Å². The van der Waals surface area contributed by atoms with E-state index in [1.807, 2.05) is 26.0 Å². The van der Waals surface area contributed by atoms with E-state index in [4.69, 9.17) is 9.84 Å². The highest BCUT2D eigenvalue weighted by Gasteiger charge is 2.35. The third-order valence-corrected chi connectivity index (χ3v) is 3.96. The minimum Gasteiger partial charge on any atom is -0.490 e. The number of carboxylic acids is 1. The predicted octanol–water partition coefficient (Wildman–Crippen LogP) is 3.36. The van der Waals surface area contributed by atoms with Gasteiger partial charge in [0.2, 0.25) is 0 Å². The van der Waals surface area contributed by atoms with Crippen LogP contribution in [0.25, 0.3) is 0 Å². The van der Waals surface area contributed by atoms with E-state index in [1.165, 1.54) is 5.57 Å². The molecule has 5 nitrogen and oxygen atoms in total. The molecule has 0 aliphatic heterocycles. The fraction of sp³-hybridized carbons (Fsp3) is 0.474. The standard InChI is InChI=1S/C19H25NO4/c1-13(2)9-10-24-17-6-4-5-15(11-17)18(21)20(16-7-8-16)12-14(3)19(22)23/h4-6,9,11,14,16H,7-8,10,12H2,1-3H3,(H,22,23). The second kappa shape index (κ2) is 7.99. The molecule has 0 aromatic heterocycles. The summed E-state index contributed by atoms with van der Waals surface area (Å²) in [5, 5.41) is 9.11. The molecule has 1 N–H and O–H groups in total. The lowest BCUT2D eigenvalue weighted by Gasteiger charge is -2.24. The molecule has 1 saturated carbocycles. The number of carbonyl (C=O) groups excluding carboxylic acids is 1. The first-order valence-corrected chi connectivity index (χ1v) is 8.28. The molecule has 1 unspecified atom stereocenters. The van der Waals surface area contributed by atoms with Crippen molar-refractivity contribution < 1.29 is 19.4 Å². The Balaban J connectivity index is 2.09. The van der Waals surface area contributed by atoms with E-state index < -0.39 is 11.9 Å². The zero-order valence-electron chi connectivity index (χ0n) is 14.5. The zero-order valence-corrected chi connectivity index (χ0v) is 14.5. The first kappa shape index (κ1) is 18.0. The SMILES string of the molecule is CC(C)=CCOc1cccc(C(=O)N(CC(C)C(=O)O)C2CC2)c1. The van der Waals surface area contributed by atoms with Gasteiger partial charge < -0.3 is 14.7 Å². The molecule has 2 rings (SSSR count). The van der Waals surface area contributed by atoms with Crippen LogP contribution in [0, 0.1) is 5.92 Å². The largest absolute Gasteiger partial charge is 0.490 e. The van der Waals surface area contributed by atoms with Crippen molar-refractivity contribution in [1.29, 1.82) is 0 Å². The lowest BCUT2D eigenvalue weighted by molar-refractivity contribution is -0.141. The van der Waals surface area contributed by atoms with Crippen LogP contribution in [0.2, 0.25) is 0 Å². The van der Waals surface area contributed by atoms with Crippen molar-refractivity contribution in [2.75, 3.05) is 13.2 Å². The topological polar surface area (TPSA) is 66.8 Å². The van der Waals surface area contributed by atoms with Gasteiger partial charge in [-0.05, 0) is 51.0 Å². The molecular weight excluding hydrogens is 306 g/mol. The molecule has 1 aromatic carbocycles. The van der Waals surface area contributed by atoms with Crippen molar-refractivity contribution in [2.45, 2.75) is 39.7 Å². The van der Waals surface area contributed by atoms with E-state index in [1.54, 1.807) is 30.0 Å². The Bertz CT molecular complexity index is 630. The third-order valence-electron chi connectivity index (χ3n) is 3.96. The fourth-order valence-corrected chi connectivity index (χ4v) is 2.35. The number of carbonyl (C=O) groups is 2. The highest BCUT2D eigenvalue weighted by Crippen LogP contribution is 2.29. The first-order chi connectivity index (χ1) is 11.4. The van der Waals surface area contributed by atoms with E-state index in [0.29, 0.717) is 17.9 Å². The minimum atomic E-state index is -0.882. The molecule has 5 heteroatoms. The summed E-state index contributed by atoms with van der Waals surface area (Å²) in [4.78, 5) is 25.6. The third kappa shape index (κ3) is 5.11. The van der Waals surface area contributed by atoms with Gasteiger partial charge in [-0.15, -0.1) is 0 Å². The molecule has 0 heterocycles. The molecule has 1 aliphatic carbocycles. The number of nitrogens with zero attached hydrogens (tertiary/aromatic N) is 1. The van der Waals surface area contributed by atoms with Crippen molar-refractivity contribution in [3.8, 4) is 5.75 Å². The van der Waals surface area contributed by atoms with Gasteiger partial charge in [0.25, 0.3) is 5.91 Å². The zero-order chi connectivity index (χ0) is 17.7. The van der Waals surface area contributed by atoms with Crippen molar-refractivity contribution >= 4 is 11.9 Å². The van der Waals surface area contributed by atoms with Gasteiger partial charge in [0.05, 0.1) is 5.92 Å². The Morgan fingerprint density at radius 2 is 2.08 bits per heavy atom. The second-order valence-corrected chi connectivity index (χ2v) is 6.55. The lowest BCUT2D eigenvalue weighted by atomic mass is 10.1. The first-order valence-electron chi connectivity index (χ1n) is 8.28. The lowest BCUT2D eigenvalue weighted by Crippen LogP contribution is -2.38. The van der Waals surface area contributed by atoms with Gasteiger partial charge in [-0.1, -0.05) is 18.6 Å². The molecule has 1 aromatic rings. The maximum atomic E-state index is 12.8. The van der Waals surface area contributed by atoms with Crippen molar-refractivity contribution in [1.82, 2.24) is 4.90 Å². The van der Waals surface area contributed by atoms with Gasteiger partial charge in [-0.2, -0.15) is 0 Å². The monoisotopic (exact) mass is 331 g/mol. The maximum absolute atomic E-state index is 12.8. The van der Waals surface area contributed by atoms with Gasteiger partial charge in [-0.3, -0.25) is 9.59 Å². The molecule has 1 amide bonds. The molecule has 1 aliphatic rings. The van der Waals surface area contributed by atoms with Crippen LogP contribution in [-0.4, -0.2) is 41.1 Å². The van der Waals surface area contributed by atoms with Crippen molar-refractivity contribution in [3.63, 3.8) is 0 Å². The van der Waals surface area contributed by atoms with Gasteiger partial charge >= 0.3 is 5.97 Å². The van der Waals surface area contributed by atoms with E-state index in [-0.39, 0.29) is 18.5 Å². The highest BCUT2D eigenvalue weighted by molar-refractivity contribution is 5.95. The van der Waals surface area contributed by atoms with E-state index >= 15 is 0 Å². The Labute approximate surface area is 142 Å². The normalized spacial score (nSPS) is 14.6. The fourth-order valence-electron chi connectivity index (χ4n) is 2.35. The molecule has 130 valence electrons. The Morgan fingerprint density at radius 1 is 1.38 bits per heavy atom. The summed E-state index contributed by atoms with van der Waals surface area (Å²) in [5.74, 6) is -0.947. The number of aliphatic carboxylic acids is 1. The van der Waals surface area contributed by atoms with Crippen LogP contribution in [0.3, 0.4) is 0 Å². The summed E-state index contributed by atoms with van der Waals surface area (Å²) in [5.41, 5.74) is 1.71. The van der Waals surface area contributed by atoms with Crippen LogP contribution < -0.4 is 4.74 Å². The number of amides is 1. The molecule has 1 atom stereocenters. The van der Waals surface area contributed by atoms with Crippen molar-refractivity contribution in [3.05, 3.63) is 41.5 Å². The summed E-state index contributed by atoms with van der Waals surface area (Å²) >= 11 is 0. The summed E-state index contributed by atoms with van der Waals surface area (Å²) in [6, 6.07) is 7.24. The van der Waals surface area contributed by atoms with E-state index in [9.17, 15) is 9.59 Å². The Kier molecular flexibility index (Phi) is 6.01. The summed E-state index contributed by atoms with van der Waals surface area (Å²) in [6.45, 7) is 6.33. The van der Waals surface area contributed by atoms with Crippen molar-refractivity contribution in [2.24, 2.45) is 5.92 Å². The smallest absolute Gasteiger partial charge is 0.308 e. The van der Waals surface area contributed by atoms with Crippen LogP contribution in [-0.2, 0) is 4.79 Å². The van der Waals surface area contributed by atoms with Crippen LogP contribution >= 0.6 is 0 Å². The minimum absolute atomic E-state index is 0.127. The molecule has 0 radical (unpaired) electrons. The summed E-state index contributed by atoms with van der Waals surface area (Å²) in [6.07, 6.45) is 3.85. The second-order valence-electron chi connectivity index (χ2n) is 6.55. The summed E-state index contributed by atoms with van der Waals surface area (Å²) in [7, 11) is 0. The molecule has 0 bridgehead atoms. The number of hydrogen-bond donors (Lipinski definition) is 1. The molecule has 24 heavy (non-hydrogen) atoms. The number of benzene rings is 1. The quantitative estimate of drug-likeness (QED) is 0.742. The average molecular weight is 331 g/mol. The molecule has 0 saturated heterocycles. The highest BCUT2D eigenvalue weighted by atomic mass is 16.5. The Hall–Kier alpha value is -2.30. The number of ether oxygens (including phenoxy) is 1. The molecule has 0 spiro atoms. The predicted molar refractivity (Wildman–Crippen MR) is 92.2 cm³/mol. The average Bonchev–Trinajstić information content (AvgIpc) is 3.36. The van der Waals surface area contributed by atoms with Crippen LogP contribution in [0.5, 0.6) is 5.75 Å². The van der Waals surface area contributed by atoms with E-state index in [2.05, 4.69) is 0 Å². The van der Waals surface area contributed by atoms with Gasteiger partial charge in [0, 0.05) is 18.2 Å². The van der Waals surface area contributed by atoms with Gasteiger partial charge in [0.15, 0.2) is 0 Å². The van der Waals surface area contributed by atoms with Crippen LogP contribution in [0.4, 0.5) is 0 Å². The number of carboxylic acid groups (broad SMARTS) is 1. The number of hydrogen-bond acceptors (Lipinski definition) is 3. The van der Waals surface area contributed by atoms with Crippen LogP contribution in [0.1, 0.15) is 44.0 Å². The molecule has 1 fully saturated rings. The Morgan fingerprint density at radius 3 is 2.67 bits per heavy atom. The van der Waals surface area contributed by atoms with Gasteiger partial charge in [0.1, 0.15) is 12.4 Å².